The Morgan fingerprint density at radius 3 is 2.56 bits per heavy atom. The summed E-state index contributed by atoms with van der Waals surface area (Å²) in [6.45, 7) is 4.50. The van der Waals surface area contributed by atoms with Crippen LogP contribution in [0.4, 0.5) is 0 Å². The fraction of sp³-hybridized carbons (Fsp3) is 0.500. The van der Waals surface area contributed by atoms with E-state index in [0.717, 1.165) is 38.5 Å². The molecule has 1 aromatic carbocycles. The van der Waals surface area contributed by atoms with E-state index >= 15 is 0 Å². The molecular weight excluding hydrogens is 434 g/mol. The van der Waals surface area contributed by atoms with Crippen LogP contribution in [0, 0.1) is 0 Å². The Kier molecular flexibility index (Phi) is 9.55. The molecule has 3 amide bonds. The maximum absolute atomic E-state index is 13.6. The van der Waals surface area contributed by atoms with Gasteiger partial charge in [0.2, 0.25) is 11.8 Å². The zero-order valence-corrected chi connectivity index (χ0v) is 20.0. The van der Waals surface area contributed by atoms with Crippen molar-refractivity contribution >= 4 is 17.7 Å². The van der Waals surface area contributed by atoms with Crippen molar-refractivity contribution in [1.82, 2.24) is 15.5 Å². The molecule has 1 aliphatic carbocycles. The Morgan fingerprint density at radius 1 is 1.12 bits per heavy atom. The zero-order chi connectivity index (χ0) is 24.3. The van der Waals surface area contributed by atoms with Crippen LogP contribution < -0.4 is 15.4 Å². The number of ether oxygens (including phenoxy) is 1. The number of hydrogen-bond acceptors (Lipinski definition) is 5. The van der Waals surface area contributed by atoms with Gasteiger partial charge < -0.3 is 24.7 Å². The minimum absolute atomic E-state index is 0.107. The van der Waals surface area contributed by atoms with Crippen LogP contribution in [0.25, 0.3) is 0 Å². The number of nitrogens with one attached hydrogen (secondary N) is 2. The molecule has 0 saturated heterocycles. The van der Waals surface area contributed by atoms with Gasteiger partial charge in [0.15, 0.2) is 5.76 Å². The molecule has 0 unspecified atom stereocenters. The molecule has 1 aromatic heterocycles. The largest absolute Gasteiger partial charge is 0.494 e. The van der Waals surface area contributed by atoms with Crippen molar-refractivity contribution in [3.63, 3.8) is 0 Å². The summed E-state index contributed by atoms with van der Waals surface area (Å²) in [5.74, 6) is -0.335. The molecule has 0 aliphatic heterocycles. The third-order valence-electron chi connectivity index (χ3n) is 5.99. The van der Waals surface area contributed by atoms with Gasteiger partial charge in [-0.2, -0.15) is 0 Å². The Hall–Kier alpha value is -3.29. The summed E-state index contributed by atoms with van der Waals surface area (Å²) in [5, 5.41) is 5.77. The molecule has 1 fully saturated rings. The molecule has 3 rings (SSSR count). The van der Waals surface area contributed by atoms with Gasteiger partial charge in [0.05, 0.1) is 19.4 Å². The summed E-state index contributed by atoms with van der Waals surface area (Å²) in [5.41, 5.74) is 0.640. The quantitative estimate of drug-likeness (QED) is 0.492. The van der Waals surface area contributed by atoms with E-state index in [1.165, 1.54) is 12.3 Å². The van der Waals surface area contributed by atoms with Crippen molar-refractivity contribution in [1.29, 1.82) is 0 Å². The van der Waals surface area contributed by atoms with E-state index in [1.807, 2.05) is 38.1 Å². The van der Waals surface area contributed by atoms with Crippen LogP contribution in [0.1, 0.15) is 74.5 Å². The number of carbonyl (C=O) groups excluding carboxylic acids is 3. The molecule has 34 heavy (non-hydrogen) atoms. The van der Waals surface area contributed by atoms with Crippen LogP contribution in [0.15, 0.2) is 47.1 Å². The molecule has 1 atom stereocenters. The second-order valence-corrected chi connectivity index (χ2v) is 8.46. The predicted molar refractivity (Wildman–Crippen MR) is 128 cm³/mol. The average molecular weight is 470 g/mol. The van der Waals surface area contributed by atoms with Gasteiger partial charge in [-0.1, -0.05) is 44.4 Å². The van der Waals surface area contributed by atoms with E-state index in [2.05, 4.69) is 10.6 Å². The lowest BCUT2D eigenvalue weighted by atomic mass is 10.0. The molecule has 2 N–H and O–H groups in total. The highest BCUT2D eigenvalue weighted by molar-refractivity contribution is 5.95. The normalized spacial score (nSPS) is 14.4. The van der Waals surface area contributed by atoms with Gasteiger partial charge in [-0.15, -0.1) is 0 Å². The van der Waals surface area contributed by atoms with E-state index in [1.54, 1.807) is 11.0 Å². The van der Waals surface area contributed by atoms with Crippen molar-refractivity contribution in [2.75, 3.05) is 19.7 Å². The highest BCUT2D eigenvalue weighted by Gasteiger charge is 2.34. The van der Waals surface area contributed by atoms with Gasteiger partial charge in [0.25, 0.3) is 5.91 Å². The van der Waals surface area contributed by atoms with Crippen LogP contribution in [0.5, 0.6) is 5.75 Å². The van der Waals surface area contributed by atoms with Crippen LogP contribution >= 0.6 is 0 Å². The number of benzene rings is 1. The third kappa shape index (κ3) is 6.62. The maximum atomic E-state index is 13.6. The number of amides is 3. The first-order chi connectivity index (χ1) is 16.5. The van der Waals surface area contributed by atoms with E-state index in [4.69, 9.17) is 9.15 Å². The Bertz CT molecular complexity index is 938. The van der Waals surface area contributed by atoms with E-state index in [9.17, 15) is 14.4 Å². The Morgan fingerprint density at radius 2 is 1.88 bits per heavy atom. The highest BCUT2D eigenvalue weighted by atomic mass is 16.5. The first kappa shape index (κ1) is 25.3. The van der Waals surface area contributed by atoms with Crippen LogP contribution in [-0.2, 0) is 9.59 Å². The number of rotatable bonds is 12. The minimum Gasteiger partial charge on any atom is -0.494 e. The molecule has 0 radical (unpaired) electrons. The van der Waals surface area contributed by atoms with Gasteiger partial charge in [-0.3, -0.25) is 14.4 Å². The SMILES string of the molecule is CCCCN(C(=O)CNC(=O)c1ccco1)[C@@H](C(=O)NC1CCCC1)c1ccccc1OCC. The van der Waals surface area contributed by atoms with Crippen molar-refractivity contribution in [3.8, 4) is 5.75 Å². The topological polar surface area (TPSA) is 101 Å². The number of para-hydroxylation sites is 1. The molecular formula is C26H35N3O5. The van der Waals surface area contributed by atoms with E-state index < -0.39 is 11.9 Å². The summed E-state index contributed by atoms with van der Waals surface area (Å²) in [7, 11) is 0. The second-order valence-electron chi connectivity index (χ2n) is 8.46. The predicted octanol–water partition coefficient (Wildman–Crippen LogP) is 3.84. The summed E-state index contributed by atoms with van der Waals surface area (Å²) < 4.78 is 10.9. The van der Waals surface area contributed by atoms with Crippen molar-refractivity contribution < 1.29 is 23.5 Å². The lowest BCUT2D eigenvalue weighted by Crippen LogP contribution is -2.49. The second kappa shape index (κ2) is 12.8. The molecule has 0 spiro atoms. The van der Waals surface area contributed by atoms with Gasteiger partial charge >= 0.3 is 0 Å². The fourth-order valence-electron chi connectivity index (χ4n) is 4.27. The summed E-state index contributed by atoms with van der Waals surface area (Å²) in [6, 6.07) is 9.73. The van der Waals surface area contributed by atoms with Crippen LogP contribution in [0.3, 0.4) is 0 Å². The summed E-state index contributed by atoms with van der Waals surface area (Å²) in [6.07, 6.45) is 7.03. The standard InChI is InChI=1S/C26H35N3O5/c1-3-5-16-29(23(30)18-27-25(31)22-15-10-17-34-22)24(26(32)28-19-11-6-7-12-19)20-13-8-9-14-21(20)33-4-2/h8-10,13-15,17,19,24H,3-7,11-12,16,18H2,1-2H3,(H,27,31)(H,28,32)/t24-/m1/s1. The van der Waals surface area contributed by atoms with Gasteiger partial charge in [-0.05, 0) is 44.4 Å². The molecule has 8 nitrogen and oxygen atoms in total. The molecule has 1 heterocycles. The molecule has 2 aromatic rings. The zero-order valence-electron chi connectivity index (χ0n) is 20.0. The lowest BCUT2D eigenvalue weighted by Gasteiger charge is -2.33. The molecule has 1 aliphatic rings. The molecule has 0 bridgehead atoms. The monoisotopic (exact) mass is 469 g/mol. The highest BCUT2D eigenvalue weighted by Crippen LogP contribution is 2.31. The number of furan rings is 1. The number of unbranched alkanes of at least 4 members (excludes halogenated alkanes) is 1. The molecule has 8 heteroatoms. The van der Waals surface area contributed by atoms with Crippen molar-refractivity contribution in [2.45, 2.75) is 64.5 Å². The van der Waals surface area contributed by atoms with Crippen molar-refractivity contribution in [3.05, 3.63) is 54.0 Å². The lowest BCUT2D eigenvalue weighted by molar-refractivity contribution is -0.140. The van der Waals surface area contributed by atoms with Gasteiger partial charge in [0, 0.05) is 18.2 Å². The van der Waals surface area contributed by atoms with Gasteiger partial charge in [-0.25, -0.2) is 0 Å². The summed E-state index contributed by atoms with van der Waals surface area (Å²) >= 11 is 0. The van der Waals surface area contributed by atoms with E-state index in [0.29, 0.717) is 24.5 Å². The van der Waals surface area contributed by atoms with Crippen LogP contribution in [0.2, 0.25) is 0 Å². The van der Waals surface area contributed by atoms with Crippen LogP contribution in [-0.4, -0.2) is 48.4 Å². The first-order valence-electron chi connectivity index (χ1n) is 12.2. The number of hydrogen-bond donors (Lipinski definition) is 2. The van der Waals surface area contributed by atoms with Gasteiger partial charge in [0.1, 0.15) is 11.8 Å². The maximum Gasteiger partial charge on any atom is 0.287 e. The summed E-state index contributed by atoms with van der Waals surface area (Å²) in [4.78, 5) is 40.9. The number of carbonyl (C=O) groups is 3. The molecule has 184 valence electrons. The fourth-order valence-corrected chi connectivity index (χ4v) is 4.27. The Balaban J connectivity index is 1.88. The third-order valence-corrected chi connectivity index (χ3v) is 5.99. The number of nitrogens with zero attached hydrogens (tertiary/aromatic N) is 1. The minimum atomic E-state index is -0.858. The smallest absolute Gasteiger partial charge is 0.287 e. The van der Waals surface area contributed by atoms with Crippen molar-refractivity contribution in [2.24, 2.45) is 0 Å². The average Bonchev–Trinajstić information content (AvgIpc) is 3.55. The first-order valence-corrected chi connectivity index (χ1v) is 12.2. The Labute approximate surface area is 201 Å². The van der Waals surface area contributed by atoms with E-state index in [-0.39, 0.29) is 30.2 Å². The molecule has 1 saturated carbocycles.